The van der Waals surface area contributed by atoms with Gasteiger partial charge in [-0.25, -0.2) is 9.97 Å². The summed E-state index contributed by atoms with van der Waals surface area (Å²) < 4.78 is 1.01. The van der Waals surface area contributed by atoms with E-state index >= 15 is 0 Å². The number of hydrogen-bond donors (Lipinski definition) is 1. The van der Waals surface area contributed by atoms with Crippen molar-refractivity contribution in [1.29, 1.82) is 5.26 Å². The van der Waals surface area contributed by atoms with Crippen molar-refractivity contribution in [3.05, 3.63) is 33.8 Å². The number of carbonyl (C=O) groups is 1. The number of aryl methyl sites for hydroxylation is 1. The number of fused-ring (bicyclic) bond motifs is 2. The van der Waals surface area contributed by atoms with E-state index in [0.717, 1.165) is 46.5 Å². The normalized spacial score (nSPS) is 13.8. The van der Waals surface area contributed by atoms with Crippen LogP contribution < -0.4 is 5.32 Å². The molecule has 0 saturated carbocycles. The molecular formula is C18H16N4OS3. The molecule has 8 heteroatoms. The van der Waals surface area contributed by atoms with Crippen molar-refractivity contribution < 1.29 is 4.79 Å². The Balaban J connectivity index is 1.47. The lowest BCUT2D eigenvalue weighted by atomic mass is 10.1. The van der Waals surface area contributed by atoms with Crippen LogP contribution in [0.1, 0.15) is 35.3 Å². The van der Waals surface area contributed by atoms with Crippen LogP contribution in [0.3, 0.4) is 0 Å². The molecule has 4 rings (SSSR count). The summed E-state index contributed by atoms with van der Waals surface area (Å²) >= 11 is 4.55. The van der Waals surface area contributed by atoms with Crippen molar-refractivity contribution in [2.75, 3.05) is 11.1 Å². The number of anilines is 1. The monoisotopic (exact) mass is 400 g/mol. The number of thioether (sulfide) groups is 1. The fourth-order valence-corrected chi connectivity index (χ4v) is 6.12. The molecule has 0 radical (unpaired) electrons. The van der Waals surface area contributed by atoms with Crippen LogP contribution in [0.25, 0.3) is 10.2 Å². The van der Waals surface area contributed by atoms with Crippen LogP contribution in [0.4, 0.5) is 5.00 Å². The number of aromatic nitrogens is 2. The van der Waals surface area contributed by atoms with Gasteiger partial charge in [0.2, 0.25) is 5.91 Å². The lowest BCUT2D eigenvalue weighted by Crippen LogP contribution is -2.14. The van der Waals surface area contributed by atoms with Gasteiger partial charge in [-0.3, -0.25) is 4.79 Å². The second-order valence-corrected chi connectivity index (χ2v) is 9.02. The molecule has 3 aromatic heterocycles. The van der Waals surface area contributed by atoms with Gasteiger partial charge in [0, 0.05) is 4.88 Å². The van der Waals surface area contributed by atoms with E-state index in [-0.39, 0.29) is 11.7 Å². The number of thiophene rings is 2. The van der Waals surface area contributed by atoms with Crippen molar-refractivity contribution in [2.24, 2.45) is 0 Å². The van der Waals surface area contributed by atoms with Crippen LogP contribution in [0, 0.1) is 11.3 Å². The Hall–Kier alpha value is -1.95. The largest absolute Gasteiger partial charge is 0.316 e. The first-order valence-electron chi connectivity index (χ1n) is 8.41. The maximum absolute atomic E-state index is 12.4. The van der Waals surface area contributed by atoms with Gasteiger partial charge < -0.3 is 5.32 Å². The highest BCUT2D eigenvalue weighted by Gasteiger charge is 2.21. The van der Waals surface area contributed by atoms with Crippen molar-refractivity contribution >= 4 is 55.6 Å². The molecule has 3 heterocycles. The molecule has 1 amide bonds. The van der Waals surface area contributed by atoms with Gasteiger partial charge in [0.05, 0.1) is 21.5 Å². The third-order valence-corrected chi connectivity index (χ3v) is 7.57. The first-order valence-corrected chi connectivity index (χ1v) is 11.1. The molecular weight excluding hydrogens is 384 g/mol. The van der Waals surface area contributed by atoms with Gasteiger partial charge in [0.25, 0.3) is 0 Å². The quantitative estimate of drug-likeness (QED) is 0.393. The van der Waals surface area contributed by atoms with Crippen LogP contribution in [-0.2, 0) is 17.6 Å². The number of nitrogens with zero attached hydrogens (tertiary/aromatic N) is 3. The first kappa shape index (κ1) is 17.5. The summed E-state index contributed by atoms with van der Waals surface area (Å²) in [7, 11) is 0. The zero-order valence-electron chi connectivity index (χ0n) is 13.9. The van der Waals surface area contributed by atoms with Gasteiger partial charge in [-0.05, 0) is 42.7 Å². The molecule has 0 saturated heterocycles. The van der Waals surface area contributed by atoms with Gasteiger partial charge in [0.15, 0.2) is 0 Å². The average Bonchev–Trinajstić information content (AvgIpc) is 3.18. The second kappa shape index (κ2) is 7.74. The van der Waals surface area contributed by atoms with Gasteiger partial charge in [-0.15, -0.1) is 22.7 Å². The number of nitriles is 1. The molecule has 1 aliphatic carbocycles. The third-order valence-electron chi connectivity index (χ3n) is 4.34. The number of amides is 1. The van der Waals surface area contributed by atoms with E-state index in [4.69, 9.17) is 0 Å². The first-order chi connectivity index (χ1) is 12.8. The van der Waals surface area contributed by atoms with Crippen molar-refractivity contribution in [1.82, 2.24) is 9.97 Å². The predicted molar refractivity (Wildman–Crippen MR) is 107 cm³/mol. The molecule has 3 aromatic rings. The summed E-state index contributed by atoms with van der Waals surface area (Å²) in [5.41, 5.74) is 2.71. The molecule has 5 nitrogen and oxygen atoms in total. The van der Waals surface area contributed by atoms with E-state index in [2.05, 4.69) is 21.4 Å². The van der Waals surface area contributed by atoms with E-state index in [9.17, 15) is 10.1 Å². The maximum atomic E-state index is 12.4. The highest BCUT2D eigenvalue weighted by Crippen LogP contribution is 2.37. The van der Waals surface area contributed by atoms with E-state index < -0.39 is 0 Å². The van der Waals surface area contributed by atoms with Gasteiger partial charge in [0.1, 0.15) is 22.4 Å². The Morgan fingerprint density at radius 3 is 3.08 bits per heavy atom. The standard InChI is InChI=1S/C18H16N4OS3/c19-8-12-11-4-2-1-3-5-14(11)26-17(12)22-15(23)9-25-18-16-13(6-7-24-16)20-10-21-18/h6-7,10H,1-5,9H2,(H,22,23). The predicted octanol–water partition coefficient (Wildman–Crippen LogP) is 4.62. The topological polar surface area (TPSA) is 78.7 Å². The molecule has 0 atom stereocenters. The zero-order valence-corrected chi connectivity index (χ0v) is 16.4. The van der Waals surface area contributed by atoms with Crippen LogP contribution in [0.2, 0.25) is 0 Å². The minimum atomic E-state index is -0.105. The fraction of sp³-hybridized carbons (Fsp3) is 0.333. The number of carbonyl (C=O) groups excluding carboxylic acids is 1. The molecule has 0 aromatic carbocycles. The number of nitrogens with one attached hydrogen (secondary N) is 1. The average molecular weight is 401 g/mol. The second-order valence-electron chi connectivity index (χ2n) is 6.03. The number of rotatable bonds is 4. The highest BCUT2D eigenvalue weighted by atomic mass is 32.2. The Morgan fingerprint density at radius 1 is 1.31 bits per heavy atom. The zero-order chi connectivity index (χ0) is 17.9. The molecule has 0 aliphatic heterocycles. The van der Waals surface area contributed by atoms with Crippen LogP contribution in [0.5, 0.6) is 0 Å². The third kappa shape index (κ3) is 3.47. The highest BCUT2D eigenvalue weighted by molar-refractivity contribution is 8.00. The van der Waals surface area contributed by atoms with E-state index in [1.54, 1.807) is 22.7 Å². The minimum absolute atomic E-state index is 0.105. The van der Waals surface area contributed by atoms with Gasteiger partial charge in [-0.2, -0.15) is 5.26 Å². The molecule has 26 heavy (non-hydrogen) atoms. The smallest absolute Gasteiger partial charge is 0.235 e. The van der Waals surface area contributed by atoms with Crippen molar-refractivity contribution in [2.45, 2.75) is 37.1 Å². The summed E-state index contributed by atoms with van der Waals surface area (Å²) in [6, 6.07) is 4.25. The van der Waals surface area contributed by atoms with Crippen LogP contribution in [-0.4, -0.2) is 21.6 Å². The van der Waals surface area contributed by atoms with E-state index in [0.29, 0.717) is 10.6 Å². The lowest BCUT2D eigenvalue weighted by molar-refractivity contribution is -0.113. The Morgan fingerprint density at radius 2 is 2.19 bits per heavy atom. The fourth-order valence-electron chi connectivity index (χ4n) is 3.11. The summed E-state index contributed by atoms with van der Waals surface area (Å²) in [6.07, 6.45) is 6.96. The van der Waals surface area contributed by atoms with Crippen LogP contribution in [0.15, 0.2) is 22.8 Å². The Bertz CT molecular complexity index is 1000. The van der Waals surface area contributed by atoms with Crippen LogP contribution >= 0.6 is 34.4 Å². The molecule has 0 unspecified atom stereocenters. The maximum Gasteiger partial charge on any atom is 0.235 e. The molecule has 0 fully saturated rings. The van der Waals surface area contributed by atoms with Gasteiger partial charge in [-0.1, -0.05) is 18.2 Å². The SMILES string of the molecule is N#Cc1c(NC(=O)CSc2ncnc3ccsc23)sc2c1CCCCC2. The Labute approximate surface area is 163 Å². The van der Waals surface area contributed by atoms with E-state index in [1.807, 2.05) is 11.4 Å². The Kier molecular flexibility index (Phi) is 5.20. The molecule has 1 N–H and O–H groups in total. The van der Waals surface area contributed by atoms with E-state index in [1.165, 1.54) is 29.4 Å². The summed E-state index contributed by atoms with van der Waals surface area (Å²) in [5.74, 6) is 0.156. The molecule has 1 aliphatic rings. The lowest BCUT2D eigenvalue weighted by Gasteiger charge is -2.04. The molecule has 0 bridgehead atoms. The van der Waals surface area contributed by atoms with Crippen molar-refractivity contribution in [3.63, 3.8) is 0 Å². The summed E-state index contributed by atoms with van der Waals surface area (Å²) in [5, 5.41) is 16.0. The molecule has 0 spiro atoms. The number of hydrogen-bond acceptors (Lipinski definition) is 7. The molecule has 132 valence electrons. The minimum Gasteiger partial charge on any atom is -0.316 e. The summed E-state index contributed by atoms with van der Waals surface area (Å²) in [4.78, 5) is 22.2. The van der Waals surface area contributed by atoms with Crippen molar-refractivity contribution in [3.8, 4) is 6.07 Å². The van der Waals surface area contributed by atoms with Gasteiger partial charge >= 0.3 is 0 Å². The summed E-state index contributed by atoms with van der Waals surface area (Å²) in [6.45, 7) is 0.